The number of hydrogen-bond acceptors (Lipinski definition) is 3. The Morgan fingerprint density at radius 1 is 1.22 bits per heavy atom. The summed E-state index contributed by atoms with van der Waals surface area (Å²) in [5.41, 5.74) is 0.0871. The van der Waals surface area contributed by atoms with Crippen molar-refractivity contribution in [3.05, 3.63) is 22.7 Å². The molecule has 0 radical (unpaired) electrons. The molecule has 0 unspecified atom stereocenters. The predicted octanol–water partition coefficient (Wildman–Crippen LogP) is 2.64. The van der Waals surface area contributed by atoms with Gasteiger partial charge in [-0.2, -0.15) is 0 Å². The fourth-order valence-electron chi connectivity index (χ4n) is 1.65. The Labute approximate surface area is 111 Å². The number of benzene rings is 1. The molecule has 0 saturated carbocycles. The van der Waals surface area contributed by atoms with Gasteiger partial charge in [0.2, 0.25) is 0 Å². The third-order valence-electron chi connectivity index (χ3n) is 2.37. The highest BCUT2D eigenvalue weighted by Gasteiger charge is 2.21. The van der Waals surface area contributed by atoms with E-state index in [9.17, 15) is 4.79 Å². The summed E-state index contributed by atoms with van der Waals surface area (Å²) in [6.07, 6.45) is 0. The van der Waals surface area contributed by atoms with Crippen LogP contribution in [0.2, 0.25) is 5.02 Å². The van der Waals surface area contributed by atoms with Crippen LogP contribution in [-0.4, -0.2) is 24.7 Å². The summed E-state index contributed by atoms with van der Waals surface area (Å²) in [5.74, 6) is 0.924. The normalized spacial score (nSPS) is 14.2. The zero-order valence-electron chi connectivity index (χ0n) is 10.7. The molecule has 2 rings (SSSR count). The van der Waals surface area contributed by atoms with Crippen LogP contribution < -0.4 is 14.8 Å². The zero-order chi connectivity index (χ0) is 13.3. The molecule has 0 spiro atoms. The number of carbonyl (C=O) groups excluding carboxylic acids is 1. The van der Waals surface area contributed by atoms with E-state index in [1.54, 1.807) is 12.1 Å². The summed E-state index contributed by atoms with van der Waals surface area (Å²) in [7, 11) is 0. The number of ether oxygens (including phenoxy) is 2. The van der Waals surface area contributed by atoms with Gasteiger partial charge in [0, 0.05) is 11.6 Å². The van der Waals surface area contributed by atoms with Gasteiger partial charge < -0.3 is 14.8 Å². The van der Waals surface area contributed by atoms with E-state index in [0.29, 0.717) is 35.3 Å². The number of carbonyl (C=O) groups is 1. The van der Waals surface area contributed by atoms with Gasteiger partial charge in [0.25, 0.3) is 5.91 Å². The first-order valence-electron chi connectivity index (χ1n) is 5.78. The van der Waals surface area contributed by atoms with Crippen molar-refractivity contribution < 1.29 is 14.3 Å². The molecule has 0 bridgehead atoms. The Balaban J connectivity index is 2.31. The molecule has 0 aromatic heterocycles. The summed E-state index contributed by atoms with van der Waals surface area (Å²) < 4.78 is 10.8. The first-order valence-corrected chi connectivity index (χ1v) is 6.16. The van der Waals surface area contributed by atoms with Gasteiger partial charge in [0.15, 0.2) is 11.5 Å². The van der Waals surface area contributed by atoms with Crippen LogP contribution in [0.5, 0.6) is 11.5 Å². The van der Waals surface area contributed by atoms with Crippen molar-refractivity contribution in [3.8, 4) is 11.5 Å². The second-order valence-electron chi connectivity index (χ2n) is 5.18. The fourth-order valence-corrected chi connectivity index (χ4v) is 1.89. The highest BCUT2D eigenvalue weighted by Crippen LogP contribution is 2.35. The van der Waals surface area contributed by atoms with Crippen molar-refractivity contribution in [1.82, 2.24) is 5.32 Å². The fraction of sp³-hybridized carbons (Fsp3) is 0.462. The maximum absolute atomic E-state index is 12.1. The van der Waals surface area contributed by atoms with Gasteiger partial charge in [0.1, 0.15) is 13.2 Å². The van der Waals surface area contributed by atoms with Gasteiger partial charge >= 0.3 is 0 Å². The second-order valence-corrected chi connectivity index (χ2v) is 5.59. The van der Waals surface area contributed by atoms with Crippen LogP contribution >= 0.6 is 11.6 Å². The molecule has 1 aliphatic heterocycles. The van der Waals surface area contributed by atoms with Gasteiger partial charge in [-0.3, -0.25) is 4.79 Å². The molecule has 1 aromatic carbocycles. The van der Waals surface area contributed by atoms with Crippen LogP contribution in [0.4, 0.5) is 0 Å². The first kappa shape index (κ1) is 13.0. The molecule has 1 aromatic rings. The highest BCUT2D eigenvalue weighted by atomic mass is 35.5. The summed E-state index contributed by atoms with van der Waals surface area (Å²) in [4.78, 5) is 12.1. The lowest BCUT2D eigenvalue weighted by molar-refractivity contribution is 0.0918. The lowest BCUT2D eigenvalue weighted by Gasteiger charge is -2.23. The second kappa shape index (κ2) is 4.69. The summed E-state index contributed by atoms with van der Waals surface area (Å²) in [5, 5.41) is 3.23. The molecular weight excluding hydrogens is 254 g/mol. The molecular formula is C13H16ClNO3. The number of halogens is 1. The SMILES string of the molecule is CC(C)(C)NC(=O)c1cc2c(cc1Cl)OCCO2. The minimum absolute atomic E-state index is 0.218. The van der Waals surface area contributed by atoms with Crippen molar-refractivity contribution in [2.75, 3.05) is 13.2 Å². The lowest BCUT2D eigenvalue weighted by atomic mass is 10.1. The van der Waals surface area contributed by atoms with E-state index in [1.807, 2.05) is 20.8 Å². The van der Waals surface area contributed by atoms with E-state index in [4.69, 9.17) is 21.1 Å². The van der Waals surface area contributed by atoms with Crippen molar-refractivity contribution in [3.63, 3.8) is 0 Å². The van der Waals surface area contributed by atoms with Crippen molar-refractivity contribution in [1.29, 1.82) is 0 Å². The Morgan fingerprint density at radius 3 is 2.33 bits per heavy atom. The zero-order valence-corrected chi connectivity index (χ0v) is 11.4. The number of fused-ring (bicyclic) bond motifs is 1. The Kier molecular flexibility index (Phi) is 3.39. The number of amides is 1. The van der Waals surface area contributed by atoms with E-state index in [1.165, 1.54) is 0 Å². The molecule has 1 heterocycles. The summed E-state index contributed by atoms with van der Waals surface area (Å²) in [6, 6.07) is 3.24. The van der Waals surface area contributed by atoms with E-state index in [-0.39, 0.29) is 11.4 Å². The van der Waals surface area contributed by atoms with Gasteiger partial charge in [0.05, 0.1) is 10.6 Å². The topological polar surface area (TPSA) is 47.6 Å². The van der Waals surface area contributed by atoms with Gasteiger partial charge in [-0.1, -0.05) is 11.6 Å². The number of nitrogens with one attached hydrogen (secondary N) is 1. The molecule has 1 aliphatic rings. The van der Waals surface area contributed by atoms with E-state index in [2.05, 4.69) is 5.32 Å². The smallest absolute Gasteiger partial charge is 0.253 e. The molecule has 0 aliphatic carbocycles. The average Bonchev–Trinajstić information content (AvgIpc) is 2.25. The third kappa shape index (κ3) is 2.88. The van der Waals surface area contributed by atoms with Gasteiger partial charge in [-0.05, 0) is 26.8 Å². The molecule has 4 nitrogen and oxygen atoms in total. The maximum atomic E-state index is 12.1. The Hall–Kier alpha value is -1.42. The lowest BCUT2D eigenvalue weighted by Crippen LogP contribution is -2.40. The first-order chi connectivity index (χ1) is 8.37. The molecule has 0 saturated heterocycles. The quantitative estimate of drug-likeness (QED) is 0.853. The molecule has 18 heavy (non-hydrogen) atoms. The van der Waals surface area contributed by atoms with Crippen LogP contribution in [0.1, 0.15) is 31.1 Å². The van der Waals surface area contributed by atoms with Gasteiger partial charge in [-0.25, -0.2) is 0 Å². The molecule has 1 N–H and O–H groups in total. The minimum Gasteiger partial charge on any atom is -0.486 e. The third-order valence-corrected chi connectivity index (χ3v) is 2.68. The minimum atomic E-state index is -0.312. The van der Waals surface area contributed by atoms with E-state index in [0.717, 1.165) is 0 Å². The van der Waals surface area contributed by atoms with Crippen molar-refractivity contribution in [2.24, 2.45) is 0 Å². The number of rotatable bonds is 1. The van der Waals surface area contributed by atoms with E-state index >= 15 is 0 Å². The van der Waals surface area contributed by atoms with Crippen LogP contribution in [-0.2, 0) is 0 Å². The van der Waals surface area contributed by atoms with E-state index < -0.39 is 0 Å². The number of hydrogen-bond donors (Lipinski definition) is 1. The summed E-state index contributed by atoms with van der Waals surface area (Å²) >= 11 is 6.09. The molecule has 0 fully saturated rings. The van der Waals surface area contributed by atoms with Crippen LogP contribution in [0, 0.1) is 0 Å². The molecule has 1 amide bonds. The molecule has 0 atom stereocenters. The largest absolute Gasteiger partial charge is 0.486 e. The standard InChI is InChI=1S/C13H16ClNO3/c1-13(2,3)15-12(16)8-6-10-11(7-9(8)14)18-5-4-17-10/h6-7H,4-5H2,1-3H3,(H,15,16). The van der Waals surface area contributed by atoms with Crippen LogP contribution in [0.3, 0.4) is 0 Å². The van der Waals surface area contributed by atoms with Crippen LogP contribution in [0.25, 0.3) is 0 Å². The average molecular weight is 270 g/mol. The van der Waals surface area contributed by atoms with Crippen molar-refractivity contribution in [2.45, 2.75) is 26.3 Å². The van der Waals surface area contributed by atoms with Gasteiger partial charge in [-0.15, -0.1) is 0 Å². The monoisotopic (exact) mass is 269 g/mol. The Morgan fingerprint density at radius 2 is 1.78 bits per heavy atom. The van der Waals surface area contributed by atoms with Crippen molar-refractivity contribution >= 4 is 17.5 Å². The molecule has 5 heteroatoms. The summed E-state index contributed by atoms with van der Waals surface area (Å²) in [6.45, 7) is 6.72. The predicted molar refractivity (Wildman–Crippen MR) is 69.7 cm³/mol. The molecule has 98 valence electrons. The Bertz CT molecular complexity index is 480. The maximum Gasteiger partial charge on any atom is 0.253 e. The highest BCUT2D eigenvalue weighted by molar-refractivity contribution is 6.34. The van der Waals surface area contributed by atoms with Crippen LogP contribution in [0.15, 0.2) is 12.1 Å².